The smallest absolute Gasteiger partial charge is 0.230 e. The number of benzene rings is 1. The molecule has 1 amide bonds. The van der Waals surface area contributed by atoms with Crippen LogP contribution in [0.1, 0.15) is 27.2 Å². The van der Waals surface area contributed by atoms with Crippen molar-refractivity contribution in [2.45, 2.75) is 37.1 Å². The first-order chi connectivity index (χ1) is 11.4. The number of para-hydroxylation sites is 2. The lowest BCUT2D eigenvalue weighted by Gasteiger charge is -2.24. The maximum atomic E-state index is 12.0. The number of nitrogens with zero attached hydrogens (tertiary/aromatic N) is 2. The third-order valence-electron chi connectivity index (χ3n) is 3.44. The lowest BCUT2D eigenvalue weighted by Crippen LogP contribution is -2.43. The molecule has 1 aromatic carbocycles. The fourth-order valence-electron chi connectivity index (χ4n) is 1.81. The zero-order valence-electron chi connectivity index (χ0n) is 14.3. The van der Waals surface area contributed by atoms with Crippen LogP contribution in [0.4, 0.5) is 10.8 Å². The molecule has 2 rings (SSSR count). The van der Waals surface area contributed by atoms with Crippen molar-refractivity contribution >= 4 is 39.8 Å². The molecule has 0 radical (unpaired) electrons. The van der Waals surface area contributed by atoms with Gasteiger partial charge in [-0.2, -0.15) is 0 Å². The summed E-state index contributed by atoms with van der Waals surface area (Å²) in [5.41, 5.74) is 0.644. The van der Waals surface area contributed by atoms with Crippen LogP contribution < -0.4 is 15.4 Å². The second-order valence-corrected chi connectivity index (χ2v) is 7.97. The van der Waals surface area contributed by atoms with Gasteiger partial charge in [0.1, 0.15) is 5.75 Å². The van der Waals surface area contributed by atoms with Gasteiger partial charge >= 0.3 is 0 Å². The van der Waals surface area contributed by atoms with Crippen LogP contribution in [0.15, 0.2) is 28.6 Å². The number of carbonyl (C=O) groups is 1. The van der Waals surface area contributed by atoms with Crippen LogP contribution in [0, 0.1) is 0 Å². The van der Waals surface area contributed by atoms with E-state index in [0.29, 0.717) is 10.9 Å². The Labute approximate surface area is 150 Å². The van der Waals surface area contributed by atoms with Gasteiger partial charge in [0.15, 0.2) is 4.34 Å². The summed E-state index contributed by atoms with van der Waals surface area (Å²) < 4.78 is 6.04. The van der Waals surface area contributed by atoms with Gasteiger partial charge in [0, 0.05) is 5.54 Å². The molecule has 0 atom stereocenters. The number of anilines is 2. The van der Waals surface area contributed by atoms with Crippen molar-refractivity contribution in [3.8, 4) is 5.75 Å². The van der Waals surface area contributed by atoms with E-state index in [1.54, 1.807) is 7.11 Å². The van der Waals surface area contributed by atoms with Crippen molar-refractivity contribution in [3.05, 3.63) is 24.3 Å². The largest absolute Gasteiger partial charge is 0.495 e. The number of aromatic nitrogens is 2. The number of hydrogen-bond donors (Lipinski definition) is 2. The van der Waals surface area contributed by atoms with Gasteiger partial charge in [0.05, 0.1) is 18.6 Å². The molecule has 0 aliphatic carbocycles. The van der Waals surface area contributed by atoms with E-state index in [0.717, 1.165) is 22.2 Å². The van der Waals surface area contributed by atoms with Crippen molar-refractivity contribution < 1.29 is 9.53 Å². The van der Waals surface area contributed by atoms with Crippen molar-refractivity contribution in [2.75, 3.05) is 18.2 Å². The molecule has 0 aliphatic heterocycles. The SMILES string of the molecule is CCC(C)(C)NC(=O)CSc1nnc(Nc2ccccc2OC)s1. The van der Waals surface area contributed by atoms with E-state index in [9.17, 15) is 4.79 Å². The Morgan fingerprint density at radius 1 is 1.33 bits per heavy atom. The van der Waals surface area contributed by atoms with E-state index in [1.165, 1.54) is 23.1 Å². The third kappa shape index (κ3) is 5.38. The molecule has 24 heavy (non-hydrogen) atoms. The molecule has 1 aromatic heterocycles. The molecule has 2 N–H and O–H groups in total. The van der Waals surface area contributed by atoms with Gasteiger partial charge < -0.3 is 15.4 Å². The monoisotopic (exact) mass is 366 g/mol. The standard InChI is InChI=1S/C16H22N4O2S2/c1-5-16(2,3)18-13(21)10-23-15-20-19-14(24-15)17-11-8-6-7-9-12(11)22-4/h6-9H,5,10H2,1-4H3,(H,17,19)(H,18,21). The average molecular weight is 367 g/mol. The molecule has 2 aromatic rings. The highest BCUT2D eigenvalue weighted by atomic mass is 32.2. The van der Waals surface area contributed by atoms with Crippen LogP contribution in [0.2, 0.25) is 0 Å². The Hall–Kier alpha value is -1.80. The Morgan fingerprint density at radius 2 is 2.08 bits per heavy atom. The van der Waals surface area contributed by atoms with E-state index < -0.39 is 0 Å². The highest BCUT2D eigenvalue weighted by molar-refractivity contribution is 8.01. The topological polar surface area (TPSA) is 76.1 Å². The van der Waals surface area contributed by atoms with Crippen LogP contribution in [-0.4, -0.2) is 34.5 Å². The molecule has 1 heterocycles. The van der Waals surface area contributed by atoms with Gasteiger partial charge in [0.25, 0.3) is 0 Å². The molecular formula is C16H22N4O2S2. The Bertz CT molecular complexity index is 688. The maximum Gasteiger partial charge on any atom is 0.230 e. The number of amides is 1. The summed E-state index contributed by atoms with van der Waals surface area (Å²) in [5, 5.41) is 15.1. The molecule has 8 heteroatoms. The molecule has 6 nitrogen and oxygen atoms in total. The highest BCUT2D eigenvalue weighted by Gasteiger charge is 2.18. The molecule has 130 valence electrons. The average Bonchev–Trinajstić information content (AvgIpc) is 3.00. The Morgan fingerprint density at radius 3 is 2.79 bits per heavy atom. The second kappa shape index (κ2) is 8.34. The predicted octanol–water partition coefficient (Wildman–Crippen LogP) is 3.69. The maximum absolute atomic E-state index is 12.0. The van der Waals surface area contributed by atoms with Gasteiger partial charge in [-0.1, -0.05) is 42.2 Å². The van der Waals surface area contributed by atoms with Crippen LogP contribution in [0.25, 0.3) is 0 Å². The molecule has 0 fully saturated rings. The minimum absolute atomic E-state index is 0.00119. The van der Waals surface area contributed by atoms with Gasteiger partial charge in [-0.15, -0.1) is 10.2 Å². The first kappa shape index (κ1) is 18.5. The van der Waals surface area contributed by atoms with Crippen molar-refractivity contribution in [2.24, 2.45) is 0 Å². The molecular weight excluding hydrogens is 344 g/mol. The number of carbonyl (C=O) groups excluding carboxylic acids is 1. The van der Waals surface area contributed by atoms with Gasteiger partial charge in [-0.3, -0.25) is 4.79 Å². The van der Waals surface area contributed by atoms with Gasteiger partial charge in [0.2, 0.25) is 11.0 Å². The summed E-state index contributed by atoms with van der Waals surface area (Å²) in [6, 6.07) is 7.61. The van der Waals surface area contributed by atoms with Crippen molar-refractivity contribution in [1.82, 2.24) is 15.5 Å². The summed E-state index contributed by atoms with van der Waals surface area (Å²) in [7, 11) is 1.62. The fourth-order valence-corrected chi connectivity index (χ4v) is 3.38. The second-order valence-electron chi connectivity index (χ2n) is 5.77. The van der Waals surface area contributed by atoms with Gasteiger partial charge in [-0.05, 0) is 32.4 Å². The molecule has 0 aliphatic rings. The fraction of sp³-hybridized carbons (Fsp3) is 0.438. The van der Waals surface area contributed by atoms with Crippen molar-refractivity contribution in [3.63, 3.8) is 0 Å². The number of ether oxygens (including phenoxy) is 1. The predicted molar refractivity (Wildman–Crippen MR) is 99.4 cm³/mol. The minimum Gasteiger partial charge on any atom is -0.495 e. The molecule has 0 saturated carbocycles. The normalized spacial score (nSPS) is 11.2. The summed E-state index contributed by atoms with van der Waals surface area (Å²) in [4.78, 5) is 12.0. The quantitative estimate of drug-likeness (QED) is 0.694. The zero-order valence-corrected chi connectivity index (χ0v) is 15.9. The van der Waals surface area contributed by atoms with Gasteiger partial charge in [-0.25, -0.2) is 0 Å². The van der Waals surface area contributed by atoms with Crippen LogP contribution in [0.3, 0.4) is 0 Å². The van der Waals surface area contributed by atoms with E-state index in [-0.39, 0.29) is 11.4 Å². The van der Waals surface area contributed by atoms with Crippen LogP contribution in [0.5, 0.6) is 5.75 Å². The summed E-state index contributed by atoms with van der Waals surface area (Å²) in [6.45, 7) is 6.07. The van der Waals surface area contributed by atoms with E-state index in [2.05, 4.69) is 20.8 Å². The first-order valence-corrected chi connectivity index (χ1v) is 9.41. The van der Waals surface area contributed by atoms with E-state index in [4.69, 9.17) is 4.74 Å². The molecule has 0 unspecified atom stereocenters. The zero-order chi connectivity index (χ0) is 17.6. The number of methoxy groups -OCH3 is 1. The lowest BCUT2D eigenvalue weighted by molar-refractivity contribution is -0.120. The molecule has 0 bridgehead atoms. The number of nitrogens with one attached hydrogen (secondary N) is 2. The lowest BCUT2D eigenvalue weighted by atomic mass is 10.0. The Kier molecular flexibility index (Phi) is 6.44. The van der Waals surface area contributed by atoms with E-state index in [1.807, 2.05) is 45.0 Å². The third-order valence-corrected chi connectivity index (χ3v) is 5.42. The van der Waals surface area contributed by atoms with Crippen LogP contribution >= 0.6 is 23.1 Å². The number of thioether (sulfide) groups is 1. The first-order valence-electron chi connectivity index (χ1n) is 7.61. The number of hydrogen-bond acceptors (Lipinski definition) is 7. The molecule has 0 spiro atoms. The molecule has 0 saturated heterocycles. The van der Waals surface area contributed by atoms with Crippen LogP contribution in [-0.2, 0) is 4.79 Å². The van der Waals surface area contributed by atoms with Crippen molar-refractivity contribution in [1.29, 1.82) is 0 Å². The minimum atomic E-state index is -0.185. The highest BCUT2D eigenvalue weighted by Crippen LogP contribution is 2.31. The van der Waals surface area contributed by atoms with E-state index >= 15 is 0 Å². The Balaban J connectivity index is 1.90. The summed E-state index contributed by atoms with van der Waals surface area (Å²) in [6.07, 6.45) is 0.884. The number of rotatable bonds is 8. The summed E-state index contributed by atoms with van der Waals surface area (Å²) >= 11 is 2.79. The summed E-state index contributed by atoms with van der Waals surface area (Å²) in [5.74, 6) is 1.07.